The normalized spacial score (nSPS) is 10.5. The van der Waals surface area contributed by atoms with Gasteiger partial charge in [-0.05, 0) is 28.9 Å². The van der Waals surface area contributed by atoms with Crippen LogP contribution in [-0.4, -0.2) is 15.9 Å². The van der Waals surface area contributed by atoms with Gasteiger partial charge in [-0.1, -0.05) is 5.16 Å². The molecular weight excluding hydrogens is 280 g/mol. The standard InChI is InChI=1S/C9H7BrN2O2S/c1-5(13)2-8-11-9(12-14-8)7-3-6(10)4-15-7/h3-4H,2H2,1H3. The SMILES string of the molecule is CC(=O)Cc1nc(-c2cc(Br)cs2)no1. The van der Waals surface area contributed by atoms with Crippen molar-refractivity contribution < 1.29 is 9.32 Å². The lowest BCUT2D eigenvalue weighted by Gasteiger charge is -1.84. The Bertz CT molecular complexity index is 492. The number of hydrogen-bond donors (Lipinski definition) is 0. The fourth-order valence-electron chi connectivity index (χ4n) is 1.07. The van der Waals surface area contributed by atoms with Gasteiger partial charge in [-0.3, -0.25) is 4.79 Å². The van der Waals surface area contributed by atoms with Crippen LogP contribution in [0.4, 0.5) is 0 Å². The third-order valence-corrected chi connectivity index (χ3v) is 3.34. The molecule has 0 saturated carbocycles. The Hall–Kier alpha value is -1.01. The molecule has 0 amide bonds. The number of aromatic nitrogens is 2. The van der Waals surface area contributed by atoms with Crippen molar-refractivity contribution in [2.45, 2.75) is 13.3 Å². The number of rotatable bonds is 3. The van der Waals surface area contributed by atoms with Crippen LogP contribution >= 0.6 is 27.3 Å². The van der Waals surface area contributed by atoms with Gasteiger partial charge in [0.1, 0.15) is 5.78 Å². The van der Waals surface area contributed by atoms with Crippen molar-refractivity contribution in [3.05, 3.63) is 21.8 Å². The Morgan fingerprint density at radius 2 is 2.47 bits per heavy atom. The minimum Gasteiger partial charge on any atom is -0.338 e. The first-order valence-corrected chi connectivity index (χ1v) is 5.89. The summed E-state index contributed by atoms with van der Waals surface area (Å²) in [5.41, 5.74) is 0. The molecule has 0 spiro atoms. The van der Waals surface area contributed by atoms with E-state index < -0.39 is 0 Å². The topological polar surface area (TPSA) is 56.0 Å². The number of nitrogens with zero attached hydrogens (tertiary/aromatic N) is 2. The second-order valence-electron chi connectivity index (χ2n) is 3.02. The van der Waals surface area contributed by atoms with E-state index >= 15 is 0 Å². The highest BCUT2D eigenvalue weighted by Crippen LogP contribution is 2.27. The van der Waals surface area contributed by atoms with Crippen molar-refractivity contribution in [2.24, 2.45) is 0 Å². The van der Waals surface area contributed by atoms with E-state index in [1.807, 2.05) is 11.4 Å². The highest BCUT2D eigenvalue weighted by atomic mass is 79.9. The molecule has 4 nitrogen and oxygen atoms in total. The molecule has 0 unspecified atom stereocenters. The Morgan fingerprint density at radius 3 is 3.07 bits per heavy atom. The number of carbonyl (C=O) groups is 1. The van der Waals surface area contributed by atoms with Crippen LogP contribution in [0.2, 0.25) is 0 Å². The quantitative estimate of drug-likeness (QED) is 0.871. The Kier molecular flexibility index (Phi) is 2.97. The summed E-state index contributed by atoms with van der Waals surface area (Å²) in [6, 6.07) is 1.91. The average molecular weight is 287 g/mol. The smallest absolute Gasteiger partial charge is 0.234 e. The van der Waals surface area contributed by atoms with E-state index in [0.717, 1.165) is 9.35 Å². The van der Waals surface area contributed by atoms with Gasteiger partial charge in [-0.15, -0.1) is 11.3 Å². The molecule has 0 saturated heterocycles. The van der Waals surface area contributed by atoms with Crippen LogP contribution in [0.15, 0.2) is 20.4 Å². The van der Waals surface area contributed by atoms with Gasteiger partial charge in [0, 0.05) is 9.85 Å². The lowest BCUT2D eigenvalue weighted by molar-refractivity contribution is -0.116. The van der Waals surface area contributed by atoms with Gasteiger partial charge in [0.25, 0.3) is 0 Å². The number of hydrogen-bond acceptors (Lipinski definition) is 5. The monoisotopic (exact) mass is 286 g/mol. The van der Waals surface area contributed by atoms with Crippen LogP contribution in [0, 0.1) is 0 Å². The van der Waals surface area contributed by atoms with Gasteiger partial charge in [-0.25, -0.2) is 0 Å². The minimum absolute atomic E-state index is 0.0116. The summed E-state index contributed by atoms with van der Waals surface area (Å²) in [7, 11) is 0. The summed E-state index contributed by atoms with van der Waals surface area (Å²) >= 11 is 4.86. The van der Waals surface area contributed by atoms with Crippen molar-refractivity contribution in [2.75, 3.05) is 0 Å². The molecule has 78 valence electrons. The maximum absolute atomic E-state index is 10.8. The number of carbonyl (C=O) groups excluding carboxylic acids is 1. The first kappa shape index (κ1) is 10.5. The lowest BCUT2D eigenvalue weighted by atomic mass is 10.3. The summed E-state index contributed by atoms with van der Waals surface area (Å²) in [4.78, 5) is 15.9. The molecule has 0 aromatic carbocycles. The van der Waals surface area contributed by atoms with Gasteiger partial charge in [0.15, 0.2) is 0 Å². The third-order valence-electron chi connectivity index (χ3n) is 1.66. The molecule has 2 rings (SSSR count). The maximum Gasteiger partial charge on any atom is 0.234 e. The van der Waals surface area contributed by atoms with E-state index in [2.05, 4.69) is 26.1 Å². The predicted octanol–water partition coefficient (Wildman–Crippen LogP) is 2.69. The highest BCUT2D eigenvalue weighted by Gasteiger charge is 2.11. The van der Waals surface area contributed by atoms with Crippen molar-refractivity contribution in [1.29, 1.82) is 0 Å². The van der Waals surface area contributed by atoms with E-state index in [4.69, 9.17) is 4.52 Å². The van der Waals surface area contributed by atoms with Crippen LogP contribution in [0.3, 0.4) is 0 Å². The molecule has 0 aliphatic heterocycles. The van der Waals surface area contributed by atoms with Gasteiger partial charge >= 0.3 is 0 Å². The van der Waals surface area contributed by atoms with Crippen LogP contribution < -0.4 is 0 Å². The zero-order valence-corrected chi connectivity index (χ0v) is 10.3. The molecule has 0 radical (unpaired) electrons. The molecule has 6 heteroatoms. The zero-order valence-electron chi connectivity index (χ0n) is 7.86. The van der Waals surface area contributed by atoms with Gasteiger partial charge in [0.05, 0.1) is 11.3 Å². The molecular formula is C9H7BrN2O2S. The summed E-state index contributed by atoms with van der Waals surface area (Å²) in [6.45, 7) is 1.49. The largest absolute Gasteiger partial charge is 0.338 e. The summed E-state index contributed by atoms with van der Waals surface area (Å²) in [5, 5.41) is 5.74. The Balaban J connectivity index is 2.23. The number of thiophene rings is 1. The zero-order chi connectivity index (χ0) is 10.8. The summed E-state index contributed by atoms with van der Waals surface area (Å²) in [5.74, 6) is 0.904. The number of halogens is 1. The molecule has 0 N–H and O–H groups in total. The van der Waals surface area contributed by atoms with E-state index in [0.29, 0.717) is 11.7 Å². The van der Waals surface area contributed by atoms with E-state index in [-0.39, 0.29) is 12.2 Å². The summed E-state index contributed by atoms with van der Waals surface area (Å²) in [6.07, 6.45) is 0.194. The van der Waals surface area contributed by atoms with Gasteiger partial charge < -0.3 is 4.52 Å². The van der Waals surface area contributed by atoms with E-state index in [1.165, 1.54) is 18.3 Å². The minimum atomic E-state index is 0.0116. The molecule has 2 heterocycles. The lowest BCUT2D eigenvalue weighted by Crippen LogP contribution is -1.95. The predicted molar refractivity (Wildman–Crippen MR) is 59.7 cm³/mol. The van der Waals surface area contributed by atoms with Crippen LogP contribution in [0.5, 0.6) is 0 Å². The molecule has 0 fully saturated rings. The van der Waals surface area contributed by atoms with Crippen LogP contribution in [-0.2, 0) is 11.2 Å². The summed E-state index contributed by atoms with van der Waals surface area (Å²) < 4.78 is 5.94. The highest BCUT2D eigenvalue weighted by molar-refractivity contribution is 9.10. The van der Waals surface area contributed by atoms with Crippen molar-refractivity contribution in [3.8, 4) is 10.7 Å². The third kappa shape index (κ3) is 2.51. The maximum atomic E-state index is 10.8. The van der Waals surface area contributed by atoms with Crippen molar-refractivity contribution in [1.82, 2.24) is 10.1 Å². The van der Waals surface area contributed by atoms with E-state index in [1.54, 1.807) is 0 Å². The molecule has 0 bridgehead atoms. The number of ketones is 1. The van der Waals surface area contributed by atoms with E-state index in [9.17, 15) is 4.79 Å². The number of Topliss-reactive ketones (excluding diaryl/α,β-unsaturated/α-hetero) is 1. The fourth-order valence-corrected chi connectivity index (χ4v) is 2.42. The average Bonchev–Trinajstić information content (AvgIpc) is 2.72. The van der Waals surface area contributed by atoms with Crippen LogP contribution in [0.25, 0.3) is 10.7 Å². The molecule has 2 aromatic heterocycles. The molecule has 0 atom stereocenters. The Labute approximate surface area is 98.4 Å². The second kappa shape index (κ2) is 4.24. The second-order valence-corrected chi connectivity index (χ2v) is 4.85. The van der Waals surface area contributed by atoms with Crippen LogP contribution in [0.1, 0.15) is 12.8 Å². The molecule has 0 aliphatic carbocycles. The molecule has 2 aromatic rings. The first-order valence-electron chi connectivity index (χ1n) is 4.21. The fraction of sp³-hybridized carbons (Fsp3) is 0.222. The molecule has 0 aliphatic rings. The molecule has 15 heavy (non-hydrogen) atoms. The van der Waals surface area contributed by atoms with Crippen molar-refractivity contribution >= 4 is 33.0 Å². The van der Waals surface area contributed by atoms with Gasteiger partial charge in [0.2, 0.25) is 11.7 Å². The first-order chi connectivity index (χ1) is 7.15. The van der Waals surface area contributed by atoms with Crippen molar-refractivity contribution in [3.63, 3.8) is 0 Å². The Morgan fingerprint density at radius 1 is 1.67 bits per heavy atom. The van der Waals surface area contributed by atoms with Gasteiger partial charge in [-0.2, -0.15) is 4.98 Å².